The molecular weight excluding hydrogens is 599 g/mol. The SMILES string of the molecule is NOC[C@H]1O[C@@H](n2ccc(=O)[nH]c2=O)C(NCCCc2cc3ccc4cccc5ccc(c2)c3c45)C1OI. The smallest absolute Gasteiger partial charge is 0.330 e. The van der Waals surface area contributed by atoms with Gasteiger partial charge in [0.25, 0.3) is 5.56 Å². The number of H-pyrrole nitrogens is 1. The van der Waals surface area contributed by atoms with E-state index in [0.29, 0.717) is 6.54 Å². The van der Waals surface area contributed by atoms with Crippen LogP contribution in [0.15, 0.2) is 76.4 Å². The molecule has 1 aliphatic rings. The fourth-order valence-electron chi connectivity index (χ4n) is 5.68. The zero-order chi connectivity index (χ0) is 26.2. The van der Waals surface area contributed by atoms with Crippen molar-refractivity contribution in [1.82, 2.24) is 14.9 Å². The van der Waals surface area contributed by atoms with E-state index in [9.17, 15) is 9.59 Å². The first-order chi connectivity index (χ1) is 18.6. The molecule has 1 saturated heterocycles. The third kappa shape index (κ3) is 4.61. The Hall–Kier alpha value is -2.87. The van der Waals surface area contributed by atoms with Gasteiger partial charge in [-0.2, -0.15) is 0 Å². The van der Waals surface area contributed by atoms with Crippen molar-refractivity contribution in [2.24, 2.45) is 5.90 Å². The molecule has 2 heterocycles. The first-order valence-corrected chi connectivity index (χ1v) is 13.4. The maximum Gasteiger partial charge on any atom is 0.330 e. The zero-order valence-corrected chi connectivity index (χ0v) is 22.6. The highest BCUT2D eigenvalue weighted by atomic mass is 127. The number of nitrogens with zero attached hydrogens (tertiary/aromatic N) is 1. The van der Waals surface area contributed by atoms with E-state index in [1.54, 1.807) is 0 Å². The van der Waals surface area contributed by atoms with Gasteiger partial charge in [0.1, 0.15) is 35.2 Å². The molecule has 196 valence electrons. The lowest BCUT2D eigenvalue weighted by Gasteiger charge is -2.24. The van der Waals surface area contributed by atoms with Crippen LogP contribution < -0.4 is 22.5 Å². The van der Waals surface area contributed by atoms with Crippen molar-refractivity contribution in [3.8, 4) is 0 Å². The molecule has 6 rings (SSSR count). The molecular formula is C28H27IN4O5. The maximum absolute atomic E-state index is 12.5. The number of aromatic amines is 1. The summed E-state index contributed by atoms with van der Waals surface area (Å²) in [6, 6.07) is 20.7. The average molecular weight is 626 g/mol. The van der Waals surface area contributed by atoms with Crippen LogP contribution in [0, 0.1) is 0 Å². The lowest BCUT2D eigenvalue weighted by molar-refractivity contribution is -0.0582. The minimum absolute atomic E-state index is 0.101. The van der Waals surface area contributed by atoms with Crippen LogP contribution in [0.3, 0.4) is 0 Å². The number of nitrogens with one attached hydrogen (secondary N) is 2. The van der Waals surface area contributed by atoms with E-state index >= 15 is 0 Å². The normalized spacial score (nSPS) is 21.7. The summed E-state index contributed by atoms with van der Waals surface area (Å²) in [6.45, 7) is 0.768. The van der Waals surface area contributed by atoms with Gasteiger partial charge in [0.05, 0.1) is 12.6 Å². The van der Waals surface area contributed by atoms with Crippen molar-refractivity contribution in [3.63, 3.8) is 0 Å². The predicted molar refractivity (Wildman–Crippen MR) is 155 cm³/mol. The average Bonchev–Trinajstić information content (AvgIpc) is 3.26. The number of halogens is 1. The molecule has 10 heteroatoms. The molecule has 0 spiro atoms. The highest BCUT2D eigenvalue weighted by molar-refractivity contribution is 14.1. The third-order valence-corrected chi connectivity index (χ3v) is 7.96. The van der Waals surface area contributed by atoms with Crippen LogP contribution >= 0.6 is 23.0 Å². The molecule has 2 unspecified atom stereocenters. The maximum atomic E-state index is 12.5. The van der Waals surface area contributed by atoms with Crippen molar-refractivity contribution in [1.29, 1.82) is 0 Å². The zero-order valence-electron chi connectivity index (χ0n) is 20.4. The Bertz CT molecular complexity index is 1640. The number of hydrogen-bond donors (Lipinski definition) is 3. The van der Waals surface area contributed by atoms with Crippen molar-refractivity contribution < 1.29 is 12.6 Å². The monoisotopic (exact) mass is 626 g/mol. The van der Waals surface area contributed by atoms with Gasteiger partial charge in [-0.15, -0.1) is 0 Å². The minimum Gasteiger partial charge on any atom is -0.348 e. The van der Waals surface area contributed by atoms with E-state index in [-0.39, 0.29) is 12.6 Å². The molecule has 0 saturated carbocycles. The molecule has 4 atom stereocenters. The fourth-order valence-corrected chi connectivity index (χ4v) is 6.33. The Morgan fingerprint density at radius 3 is 2.34 bits per heavy atom. The molecule has 4 N–H and O–H groups in total. The van der Waals surface area contributed by atoms with Gasteiger partial charge >= 0.3 is 5.69 Å². The van der Waals surface area contributed by atoms with Crippen LogP contribution in [-0.2, 0) is 19.1 Å². The lowest BCUT2D eigenvalue weighted by atomic mass is 9.92. The second kappa shape index (κ2) is 10.7. The van der Waals surface area contributed by atoms with Crippen molar-refractivity contribution in [2.75, 3.05) is 13.2 Å². The quantitative estimate of drug-likeness (QED) is 0.0991. The standard InChI is InChI=1S/C28H27IN4O5/c29-38-26-21(15-36-30)37-27(33-12-10-22(34)32-28(33)35)25(26)31-11-2-3-16-13-19-8-6-17-4-1-5-18-7-9-20(14-16)24(19)23(17)18/h1,4-10,12-14,21,25-27,31H,2-3,11,15,30H2,(H,32,34,35)/t21-,25?,26?,27-/m1/s1. The Morgan fingerprint density at radius 2 is 1.68 bits per heavy atom. The predicted octanol–water partition coefficient (Wildman–Crippen LogP) is 3.55. The van der Waals surface area contributed by atoms with E-state index in [1.807, 2.05) is 23.0 Å². The summed E-state index contributed by atoms with van der Waals surface area (Å²) in [4.78, 5) is 31.2. The van der Waals surface area contributed by atoms with Crippen LogP contribution in [0.1, 0.15) is 18.2 Å². The van der Waals surface area contributed by atoms with E-state index in [4.69, 9.17) is 18.5 Å². The van der Waals surface area contributed by atoms with E-state index in [0.717, 1.165) is 12.8 Å². The summed E-state index contributed by atoms with van der Waals surface area (Å²) in [5.41, 5.74) is 0.250. The summed E-state index contributed by atoms with van der Waals surface area (Å²) in [5, 5.41) is 11.2. The van der Waals surface area contributed by atoms with Crippen LogP contribution in [0.25, 0.3) is 32.3 Å². The number of hydrogen-bond acceptors (Lipinski definition) is 7. The van der Waals surface area contributed by atoms with E-state index < -0.39 is 29.7 Å². The van der Waals surface area contributed by atoms with Gasteiger partial charge in [0.2, 0.25) is 0 Å². The summed E-state index contributed by atoms with van der Waals surface area (Å²) in [5.74, 6) is 5.31. The molecule has 0 aliphatic carbocycles. The highest BCUT2D eigenvalue weighted by Gasteiger charge is 2.46. The molecule has 0 bridgehead atoms. The second-order valence-electron chi connectivity index (χ2n) is 9.68. The lowest BCUT2D eigenvalue weighted by Crippen LogP contribution is -2.47. The molecule has 0 radical (unpaired) electrons. The molecule has 1 aromatic heterocycles. The van der Waals surface area contributed by atoms with Gasteiger partial charge in [-0.3, -0.25) is 14.3 Å². The molecule has 1 aliphatic heterocycles. The Kier molecular flexibility index (Phi) is 7.16. The van der Waals surface area contributed by atoms with Gasteiger partial charge in [-0.1, -0.05) is 54.6 Å². The Balaban J connectivity index is 1.20. The Morgan fingerprint density at radius 1 is 1.00 bits per heavy atom. The van der Waals surface area contributed by atoms with Crippen LogP contribution in [0.2, 0.25) is 0 Å². The fraction of sp³-hybridized carbons (Fsp3) is 0.286. The topological polar surface area (TPSA) is 121 Å². The largest absolute Gasteiger partial charge is 0.348 e. The van der Waals surface area contributed by atoms with Crippen molar-refractivity contribution in [2.45, 2.75) is 37.3 Å². The van der Waals surface area contributed by atoms with Crippen molar-refractivity contribution in [3.05, 3.63) is 93.3 Å². The van der Waals surface area contributed by atoms with Gasteiger partial charge < -0.3 is 18.0 Å². The second-order valence-corrected chi connectivity index (χ2v) is 10.2. The summed E-state index contributed by atoms with van der Waals surface area (Å²) in [6.07, 6.45) is 1.57. The van der Waals surface area contributed by atoms with Crippen LogP contribution in [0.4, 0.5) is 0 Å². The van der Waals surface area contributed by atoms with Gasteiger partial charge in [0.15, 0.2) is 6.23 Å². The summed E-state index contributed by atoms with van der Waals surface area (Å²) in [7, 11) is 0. The molecule has 4 aromatic carbocycles. The van der Waals surface area contributed by atoms with E-state index in [2.05, 4.69) is 64.9 Å². The summed E-state index contributed by atoms with van der Waals surface area (Å²) >= 11 is 1.83. The first kappa shape index (κ1) is 25.4. The molecule has 5 aromatic rings. The Labute approximate surface area is 231 Å². The molecule has 0 amide bonds. The van der Waals surface area contributed by atoms with E-state index in [1.165, 1.54) is 54.7 Å². The minimum atomic E-state index is -0.697. The number of benzene rings is 4. The van der Waals surface area contributed by atoms with Gasteiger partial charge in [0, 0.05) is 12.3 Å². The number of nitrogens with two attached hydrogens (primary N) is 1. The van der Waals surface area contributed by atoms with Crippen molar-refractivity contribution >= 4 is 55.3 Å². The van der Waals surface area contributed by atoms with Crippen LogP contribution in [-0.4, -0.2) is 41.0 Å². The number of aryl methyl sites for hydroxylation is 1. The van der Waals surface area contributed by atoms with Crippen LogP contribution in [0.5, 0.6) is 0 Å². The molecule has 9 nitrogen and oxygen atoms in total. The number of ether oxygens (including phenoxy) is 1. The van der Waals surface area contributed by atoms with Gasteiger partial charge in [-0.05, 0) is 57.3 Å². The third-order valence-electron chi connectivity index (χ3n) is 7.38. The number of aromatic nitrogens is 2. The highest BCUT2D eigenvalue weighted by Crippen LogP contribution is 2.35. The first-order valence-electron chi connectivity index (χ1n) is 12.5. The summed E-state index contributed by atoms with van der Waals surface area (Å²) < 4.78 is 13.1. The molecule has 1 fully saturated rings. The number of rotatable bonds is 9. The van der Waals surface area contributed by atoms with Gasteiger partial charge in [-0.25, -0.2) is 10.7 Å². The molecule has 38 heavy (non-hydrogen) atoms.